The molecule has 78 valence electrons. The summed E-state index contributed by atoms with van der Waals surface area (Å²) in [6, 6.07) is 0. The highest BCUT2D eigenvalue weighted by Crippen LogP contribution is 2.08. The van der Waals surface area contributed by atoms with E-state index in [1.165, 1.54) is 0 Å². The van der Waals surface area contributed by atoms with Crippen LogP contribution in [0.4, 0.5) is 0 Å². The first kappa shape index (κ1) is 9.68. The monoisotopic (exact) mass is 195 g/mol. The van der Waals surface area contributed by atoms with E-state index in [9.17, 15) is 5.11 Å². The van der Waals surface area contributed by atoms with Crippen molar-refractivity contribution in [2.24, 2.45) is 0 Å². The van der Waals surface area contributed by atoms with Crippen molar-refractivity contribution in [2.45, 2.75) is 25.5 Å². The van der Waals surface area contributed by atoms with Crippen LogP contribution in [-0.4, -0.2) is 45.3 Å². The van der Waals surface area contributed by atoms with E-state index >= 15 is 0 Å². The molecule has 0 radical (unpaired) electrons. The molecule has 0 unspecified atom stereocenters. The van der Waals surface area contributed by atoms with Crippen molar-refractivity contribution in [2.75, 3.05) is 19.6 Å². The van der Waals surface area contributed by atoms with E-state index in [1.807, 2.05) is 12.5 Å². The Morgan fingerprint density at radius 2 is 2.36 bits per heavy atom. The van der Waals surface area contributed by atoms with Crippen molar-refractivity contribution in [3.8, 4) is 0 Å². The molecule has 1 aliphatic heterocycles. The van der Waals surface area contributed by atoms with Crippen molar-refractivity contribution in [3.63, 3.8) is 0 Å². The highest BCUT2D eigenvalue weighted by atomic mass is 16.3. The lowest BCUT2D eigenvalue weighted by molar-refractivity contribution is 0.175. The summed E-state index contributed by atoms with van der Waals surface area (Å²) < 4.78 is 2.09. The fourth-order valence-corrected chi connectivity index (χ4v) is 1.91. The second kappa shape index (κ2) is 4.57. The normalized spacial score (nSPS) is 23.1. The molecule has 1 aromatic heterocycles. The second-order valence-corrected chi connectivity index (χ2v) is 3.90. The van der Waals surface area contributed by atoms with Gasteiger partial charge in [-0.2, -0.15) is 0 Å². The zero-order valence-electron chi connectivity index (χ0n) is 8.34. The van der Waals surface area contributed by atoms with Crippen LogP contribution in [0.3, 0.4) is 0 Å². The molecule has 1 saturated heterocycles. The van der Waals surface area contributed by atoms with E-state index in [1.54, 1.807) is 6.20 Å². The van der Waals surface area contributed by atoms with Gasteiger partial charge in [0, 0.05) is 32.0 Å². The predicted molar refractivity (Wildman–Crippen MR) is 53.9 cm³/mol. The summed E-state index contributed by atoms with van der Waals surface area (Å²) in [6.45, 7) is 4.00. The fourth-order valence-electron chi connectivity index (χ4n) is 1.91. The third-order valence-corrected chi connectivity index (χ3v) is 2.70. The van der Waals surface area contributed by atoms with Gasteiger partial charge in [0.2, 0.25) is 0 Å². The first-order valence-electron chi connectivity index (χ1n) is 5.21. The first-order valence-corrected chi connectivity index (χ1v) is 5.21. The minimum Gasteiger partial charge on any atom is -0.392 e. The Hall–Kier alpha value is -0.870. The van der Waals surface area contributed by atoms with Crippen molar-refractivity contribution < 1.29 is 5.11 Å². The van der Waals surface area contributed by atoms with E-state index in [2.05, 4.69) is 14.5 Å². The Morgan fingerprint density at radius 3 is 3.00 bits per heavy atom. The van der Waals surface area contributed by atoms with Crippen LogP contribution in [0.5, 0.6) is 0 Å². The number of likely N-dealkylation sites (tertiary alicyclic amines) is 1. The number of aliphatic hydroxyl groups is 1. The van der Waals surface area contributed by atoms with Crippen LogP contribution in [0.25, 0.3) is 0 Å². The van der Waals surface area contributed by atoms with Crippen LogP contribution in [0.15, 0.2) is 18.7 Å². The van der Waals surface area contributed by atoms with Crippen LogP contribution in [0.1, 0.15) is 12.8 Å². The first-order chi connectivity index (χ1) is 6.84. The summed E-state index contributed by atoms with van der Waals surface area (Å²) in [5.74, 6) is 0. The van der Waals surface area contributed by atoms with E-state index in [0.717, 1.165) is 39.0 Å². The standard InChI is InChI=1S/C10H17N3O/c14-10-2-6-12(8-10)4-1-5-13-7-3-11-9-13/h3,7,9-10,14H,1-2,4-6,8H2/t10-/m0/s1. The number of hydrogen-bond donors (Lipinski definition) is 1. The molecular formula is C10H17N3O. The van der Waals surface area contributed by atoms with Crippen LogP contribution in [0, 0.1) is 0 Å². The van der Waals surface area contributed by atoms with Crippen molar-refractivity contribution in [1.29, 1.82) is 0 Å². The average Bonchev–Trinajstić information content (AvgIpc) is 2.77. The topological polar surface area (TPSA) is 41.3 Å². The van der Waals surface area contributed by atoms with Gasteiger partial charge in [0.15, 0.2) is 0 Å². The Kier molecular flexibility index (Phi) is 3.16. The van der Waals surface area contributed by atoms with E-state index < -0.39 is 0 Å². The SMILES string of the molecule is O[C@H]1CCN(CCCn2ccnc2)C1. The van der Waals surface area contributed by atoms with E-state index in [0.29, 0.717) is 0 Å². The highest BCUT2D eigenvalue weighted by Gasteiger charge is 2.18. The zero-order chi connectivity index (χ0) is 9.80. The molecule has 0 aliphatic carbocycles. The third-order valence-electron chi connectivity index (χ3n) is 2.70. The van der Waals surface area contributed by atoms with E-state index in [-0.39, 0.29) is 6.10 Å². The molecule has 0 spiro atoms. The number of aliphatic hydroxyl groups excluding tert-OH is 1. The maximum absolute atomic E-state index is 9.33. The number of aromatic nitrogens is 2. The molecule has 0 amide bonds. The minimum atomic E-state index is -0.0942. The second-order valence-electron chi connectivity index (χ2n) is 3.90. The number of aryl methyl sites for hydroxylation is 1. The molecule has 4 nitrogen and oxygen atoms in total. The lowest BCUT2D eigenvalue weighted by Crippen LogP contribution is -2.23. The van der Waals surface area contributed by atoms with Crippen molar-refractivity contribution in [3.05, 3.63) is 18.7 Å². The maximum atomic E-state index is 9.33. The zero-order valence-corrected chi connectivity index (χ0v) is 8.34. The number of rotatable bonds is 4. The number of nitrogens with zero attached hydrogens (tertiary/aromatic N) is 3. The predicted octanol–water partition coefficient (Wildman–Crippen LogP) is 0.340. The molecule has 2 rings (SSSR count). The van der Waals surface area contributed by atoms with Gasteiger partial charge in [-0.25, -0.2) is 4.98 Å². The van der Waals surface area contributed by atoms with Crippen LogP contribution >= 0.6 is 0 Å². The van der Waals surface area contributed by atoms with Gasteiger partial charge >= 0.3 is 0 Å². The minimum absolute atomic E-state index is 0.0942. The Balaban J connectivity index is 1.64. The van der Waals surface area contributed by atoms with Crippen molar-refractivity contribution in [1.82, 2.24) is 14.5 Å². The van der Waals surface area contributed by atoms with Gasteiger partial charge in [-0.05, 0) is 19.4 Å². The highest BCUT2D eigenvalue weighted by molar-refractivity contribution is 4.76. The summed E-state index contributed by atoms with van der Waals surface area (Å²) in [5, 5.41) is 9.33. The van der Waals surface area contributed by atoms with Gasteiger partial charge < -0.3 is 14.6 Å². The van der Waals surface area contributed by atoms with Gasteiger partial charge in [0.25, 0.3) is 0 Å². The molecular weight excluding hydrogens is 178 g/mol. The molecule has 1 N–H and O–H groups in total. The number of imidazole rings is 1. The molecule has 0 bridgehead atoms. The summed E-state index contributed by atoms with van der Waals surface area (Å²) in [7, 11) is 0. The summed E-state index contributed by atoms with van der Waals surface area (Å²) in [5.41, 5.74) is 0. The quantitative estimate of drug-likeness (QED) is 0.753. The lowest BCUT2D eigenvalue weighted by atomic mass is 10.3. The molecule has 2 heterocycles. The van der Waals surface area contributed by atoms with E-state index in [4.69, 9.17) is 0 Å². The smallest absolute Gasteiger partial charge is 0.0945 e. The lowest BCUT2D eigenvalue weighted by Gasteiger charge is -2.14. The van der Waals surface area contributed by atoms with Gasteiger partial charge in [0.05, 0.1) is 12.4 Å². The molecule has 14 heavy (non-hydrogen) atoms. The average molecular weight is 195 g/mol. The summed E-state index contributed by atoms with van der Waals surface area (Å²) >= 11 is 0. The molecule has 1 atom stereocenters. The molecule has 1 aliphatic rings. The maximum Gasteiger partial charge on any atom is 0.0945 e. The Bertz CT molecular complexity index is 260. The molecule has 4 heteroatoms. The molecule has 1 fully saturated rings. The Morgan fingerprint density at radius 1 is 1.43 bits per heavy atom. The Labute approximate surface area is 84.2 Å². The van der Waals surface area contributed by atoms with Crippen LogP contribution < -0.4 is 0 Å². The number of β-amino-alcohol motifs (C(OH)–C–C–N with tert-alkyl or cyclic N) is 1. The largest absolute Gasteiger partial charge is 0.392 e. The summed E-state index contributed by atoms with van der Waals surface area (Å²) in [6.07, 6.45) is 7.61. The fraction of sp³-hybridized carbons (Fsp3) is 0.700. The molecule has 0 saturated carbocycles. The van der Waals surface area contributed by atoms with Gasteiger partial charge in [0.1, 0.15) is 0 Å². The van der Waals surface area contributed by atoms with Gasteiger partial charge in [-0.1, -0.05) is 0 Å². The molecule has 1 aromatic rings. The molecule has 0 aromatic carbocycles. The summed E-state index contributed by atoms with van der Waals surface area (Å²) in [4.78, 5) is 6.32. The van der Waals surface area contributed by atoms with Gasteiger partial charge in [-0.3, -0.25) is 0 Å². The van der Waals surface area contributed by atoms with Crippen LogP contribution in [-0.2, 0) is 6.54 Å². The third kappa shape index (κ3) is 2.56. The van der Waals surface area contributed by atoms with Crippen molar-refractivity contribution >= 4 is 0 Å². The van der Waals surface area contributed by atoms with Gasteiger partial charge in [-0.15, -0.1) is 0 Å². The number of hydrogen-bond acceptors (Lipinski definition) is 3. The van der Waals surface area contributed by atoms with Crippen LogP contribution in [0.2, 0.25) is 0 Å².